The van der Waals surface area contributed by atoms with Crippen molar-refractivity contribution in [2.24, 2.45) is 0 Å². The number of ether oxygens (including phenoxy) is 7. The molecule has 10 nitrogen and oxygen atoms in total. The Morgan fingerprint density at radius 1 is 0.458 bits per heavy atom. The standard InChI is InChI=1S/C49H90O10/c1-4-6-8-24-31-52-36-38-54-35-30-46(59-51)28-22-18-14-10-12-16-20-26-33-56-47-42-45(3)43-48(44-47)57-34-27-21-17-13-11-15-19-23-29-49(50)58-41-40-55-39-37-53-32-25-9-7-5-2/h42-44,46,51H,4-41H2,1-3H3. The highest BCUT2D eigenvalue weighted by Gasteiger charge is 2.09. The molecule has 0 aliphatic heterocycles. The summed E-state index contributed by atoms with van der Waals surface area (Å²) in [6.07, 6.45) is 30.1. The quantitative estimate of drug-likeness (QED) is 0.0295. The Morgan fingerprint density at radius 2 is 0.864 bits per heavy atom. The van der Waals surface area contributed by atoms with Gasteiger partial charge in [-0.15, -0.1) is 0 Å². The molecule has 59 heavy (non-hydrogen) atoms. The van der Waals surface area contributed by atoms with Gasteiger partial charge in [0.1, 0.15) is 18.1 Å². The van der Waals surface area contributed by atoms with Crippen molar-refractivity contribution >= 4 is 5.97 Å². The van der Waals surface area contributed by atoms with Gasteiger partial charge >= 0.3 is 5.97 Å². The van der Waals surface area contributed by atoms with Crippen LogP contribution in [0.5, 0.6) is 11.5 Å². The minimum Gasteiger partial charge on any atom is -0.493 e. The lowest BCUT2D eigenvalue weighted by Crippen LogP contribution is -2.15. The van der Waals surface area contributed by atoms with Crippen LogP contribution in [0, 0.1) is 6.92 Å². The molecule has 0 spiro atoms. The van der Waals surface area contributed by atoms with Crippen molar-refractivity contribution in [1.82, 2.24) is 0 Å². The number of esters is 1. The summed E-state index contributed by atoms with van der Waals surface area (Å²) in [4.78, 5) is 16.6. The zero-order valence-corrected chi connectivity index (χ0v) is 38.3. The predicted molar refractivity (Wildman–Crippen MR) is 240 cm³/mol. The van der Waals surface area contributed by atoms with Crippen molar-refractivity contribution in [1.29, 1.82) is 0 Å². The van der Waals surface area contributed by atoms with E-state index in [-0.39, 0.29) is 12.1 Å². The Kier molecular flexibility index (Phi) is 41.2. The van der Waals surface area contributed by atoms with E-state index < -0.39 is 0 Å². The second kappa shape index (κ2) is 44.1. The predicted octanol–water partition coefficient (Wildman–Crippen LogP) is 12.8. The second-order valence-corrected chi connectivity index (χ2v) is 16.2. The average molecular weight is 839 g/mol. The van der Waals surface area contributed by atoms with Gasteiger partial charge in [-0.2, -0.15) is 0 Å². The number of unbranched alkanes of at least 4 members (excludes halogenated alkanes) is 20. The monoisotopic (exact) mass is 839 g/mol. The topological polar surface area (TPSA) is 111 Å². The first-order valence-corrected chi connectivity index (χ1v) is 24.2. The highest BCUT2D eigenvalue weighted by Crippen LogP contribution is 2.24. The van der Waals surface area contributed by atoms with Gasteiger partial charge < -0.3 is 33.2 Å². The smallest absolute Gasteiger partial charge is 0.305 e. The summed E-state index contributed by atoms with van der Waals surface area (Å²) >= 11 is 0. The maximum absolute atomic E-state index is 11.9. The van der Waals surface area contributed by atoms with E-state index in [1.165, 1.54) is 103 Å². The van der Waals surface area contributed by atoms with Crippen LogP contribution in [0.3, 0.4) is 0 Å². The molecule has 1 N–H and O–H groups in total. The van der Waals surface area contributed by atoms with E-state index in [0.29, 0.717) is 59.1 Å². The van der Waals surface area contributed by atoms with Gasteiger partial charge in [-0.3, -0.25) is 10.1 Å². The SMILES string of the molecule is CCCCCCOCCOCCOC(=O)CCCCCCCCCCOc1cc(C)cc(OCCCCCCCCCCC(CCOCCOCCCCCC)OO)c1. The molecule has 1 aromatic rings. The van der Waals surface area contributed by atoms with E-state index in [9.17, 15) is 10.1 Å². The summed E-state index contributed by atoms with van der Waals surface area (Å²) in [5, 5.41) is 9.25. The molecule has 0 radical (unpaired) electrons. The summed E-state index contributed by atoms with van der Waals surface area (Å²) in [6.45, 7) is 13.3. The number of aryl methyl sites for hydroxylation is 1. The van der Waals surface area contributed by atoms with Crippen molar-refractivity contribution < 1.29 is 48.1 Å². The van der Waals surface area contributed by atoms with Gasteiger partial charge in [0.2, 0.25) is 0 Å². The first-order chi connectivity index (χ1) is 29.1. The molecule has 346 valence electrons. The lowest BCUT2D eigenvalue weighted by molar-refractivity contribution is -0.282. The van der Waals surface area contributed by atoms with E-state index in [2.05, 4.69) is 37.8 Å². The largest absolute Gasteiger partial charge is 0.493 e. The summed E-state index contributed by atoms with van der Waals surface area (Å²) in [5.74, 6) is 1.66. The number of hydrogen-bond acceptors (Lipinski definition) is 10. The molecule has 0 fully saturated rings. The number of carbonyl (C=O) groups excluding carboxylic acids is 1. The second-order valence-electron chi connectivity index (χ2n) is 16.2. The van der Waals surface area contributed by atoms with Crippen LogP contribution < -0.4 is 9.47 Å². The zero-order chi connectivity index (χ0) is 42.5. The fourth-order valence-electron chi connectivity index (χ4n) is 6.88. The van der Waals surface area contributed by atoms with Gasteiger partial charge in [-0.05, 0) is 63.1 Å². The number of hydrogen-bond donors (Lipinski definition) is 1. The van der Waals surface area contributed by atoms with Crippen LogP contribution in [-0.4, -0.2) is 90.0 Å². The van der Waals surface area contributed by atoms with E-state index >= 15 is 0 Å². The van der Waals surface area contributed by atoms with Crippen LogP contribution in [0.15, 0.2) is 18.2 Å². The lowest BCUT2D eigenvalue weighted by Gasteiger charge is -2.13. The summed E-state index contributed by atoms with van der Waals surface area (Å²) in [7, 11) is 0. The van der Waals surface area contributed by atoms with Crippen LogP contribution in [0.4, 0.5) is 0 Å². The van der Waals surface area contributed by atoms with Crippen LogP contribution in [0.2, 0.25) is 0 Å². The zero-order valence-electron chi connectivity index (χ0n) is 38.3. The minimum atomic E-state index is -0.144. The average Bonchev–Trinajstić information content (AvgIpc) is 3.23. The fourth-order valence-corrected chi connectivity index (χ4v) is 6.88. The Hall–Kier alpha value is -1.95. The third kappa shape index (κ3) is 38.7. The van der Waals surface area contributed by atoms with Crippen molar-refractivity contribution in [3.8, 4) is 11.5 Å². The van der Waals surface area contributed by atoms with E-state index in [1.807, 2.05) is 6.07 Å². The number of rotatable bonds is 47. The molecular weight excluding hydrogens is 749 g/mol. The Morgan fingerprint density at radius 3 is 1.37 bits per heavy atom. The van der Waals surface area contributed by atoms with Gasteiger partial charge in [0.25, 0.3) is 0 Å². The molecule has 0 bridgehead atoms. The minimum absolute atomic E-state index is 0.123. The van der Waals surface area contributed by atoms with Crippen molar-refractivity contribution in [3.05, 3.63) is 23.8 Å². The normalized spacial score (nSPS) is 11.9. The summed E-state index contributed by atoms with van der Waals surface area (Å²) < 4.78 is 39.7. The Labute approximate surface area is 361 Å². The molecule has 0 amide bonds. The molecule has 10 heteroatoms. The molecule has 1 atom stereocenters. The van der Waals surface area contributed by atoms with Crippen molar-refractivity contribution in [2.45, 2.75) is 200 Å². The molecule has 0 aliphatic rings. The molecule has 1 rings (SSSR count). The Balaban J connectivity index is 1.91. The highest BCUT2D eigenvalue weighted by atomic mass is 17.1. The van der Waals surface area contributed by atoms with Crippen LogP contribution in [0.25, 0.3) is 0 Å². The van der Waals surface area contributed by atoms with E-state index in [0.717, 1.165) is 101 Å². The van der Waals surface area contributed by atoms with Crippen LogP contribution in [-0.2, 0) is 33.4 Å². The molecule has 0 aliphatic carbocycles. The summed E-state index contributed by atoms with van der Waals surface area (Å²) in [6, 6.07) is 6.20. The fraction of sp³-hybridized carbons (Fsp3) is 0.857. The van der Waals surface area contributed by atoms with Crippen LogP contribution in [0.1, 0.15) is 193 Å². The van der Waals surface area contributed by atoms with E-state index in [1.54, 1.807) is 0 Å². The van der Waals surface area contributed by atoms with Crippen LogP contribution >= 0.6 is 0 Å². The van der Waals surface area contributed by atoms with Gasteiger partial charge in [0.15, 0.2) is 0 Å². The van der Waals surface area contributed by atoms with Gasteiger partial charge in [0, 0.05) is 38.7 Å². The van der Waals surface area contributed by atoms with Crippen molar-refractivity contribution in [3.63, 3.8) is 0 Å². The first kappa shape index (κ1) is 55.1. The maximum atomic E-state index is 11.9. The number of benzene rings is 1. The molecule has 0 saturated heterocycles. The molecule has 1 aromatic carbocycles. The Bertz CT molecular complexity index is 1020. The van der Waals surface area contributed by atoms with Gasteiger partial charge in [-0.25, -0.2) is 4.89 Å². The van der Waals surface area contributed by atoms with E-state index in [4.69, 9.17) is 33.2 Å². The van der Waals surface area contributed by atoms with Gasteiger partial charge in [0.05, 0.1) is 52.4 Å². The molecule has 0 heterocycles. The first-order valence-electron chi connectivity index (χ1n) is 24.2. The summed E-state index contributed by atoms with van der Waals surface area (Å²) in [5.41, 5.74) is 1.16. The molecular formula is C49H90O10. The highest BCUT2D eigenvalue weighted by molar-refractivity contribution is 5.69. The number of carbonyl (C=O) groups is 1. The van der Waals surface area contributed by atoms with Gasteiger partial charge in [-0.1, -0.05) is 136 Å². The van der Waals surface area contributed by atoms with Crippen molar-refractivity contribution in [2.75, 3.05) is 72.7 Å². The third-order valence-electron chi connectivity index (χ3n) is 10.5. The lowest BCUT2D eigenvalue weighted by atomic mass is 10.0. The third-order valence-corrected chi connectivity index (χ3v) is 10.5. The molecule has 0 saturated carbocycles. The maximum Gasteiger partial charge on any atom is 0.305 e. The molecule has 0 aromatic heterocycles. The molecule has 1 unspecified atom stereocenters.